The second-order valence-corrected chi connectivity index (χ2v) is 12.9. The second kappa shape index (κ2) is 9.74. The molecule has 0 spiro atoms. The fraction of sp³-hybridized carbons (Fsp3) is 0.122. The molecule has 0 atom stereocenters. The molecule has 0 radical (unpaired) electrons. The zero-order valence-electron chi connectivity index (χ0n) is 24.9. The Hall–Kier alpha value is -5.08. The molecule has 0 saturated heterocycles. The second-order valence-electron chi connectivity index (χ2n) is 12.9. The van der Waals surface area contributed by atoms with Gasteiger partial charge in [0.05, 0.1) is 22.1 Å². The summed E-state index contributed by atoms with van der Waals surface area (Å²) >= 11 is 0. The number of hydrogen-bond donors (Lipinski definition) is 0. The third kappa shape index (κ3) is 4.33. The van der Waals surface area contributed by atoms with Crippen LogP contribution in [0.1, 0.15) is 26.3 Å². The van der Waals surface area contributed by atoms with E-state index < -0.39 is 0 Å². The van der Waals surface area contributed by atoms with Crippen molar-refractivity contribution in [2.45, 2.75) is 27.2 Å². The molecule has 208 valence electrons. The van der Waals surface area contributed by atoms with Crippen molar-refractivity contribution in [3.8, 4) is 22.5 Å². The van der Waals surface area contributed by atoms with E-state index >= 15 is 0 Å². The lowest BCUT2D eigenvalue weighted by Crippen LogP contribution is -2.08. The van der Waals surface area contributed by atoms with Crippen LogP contribution in [0.2, 0.25) is 0 Å². The Labute approximate surface area is 252 Å². The smallest absolute Gasteiger partial charge is 0.0541 e. The molecule has 0 amide bonds. The Balaban J connectivity index is 1.27. The molecule has 2 heterocycles. The minimum atomic E-state index is 0.244. The van der Waals surface area contributed by atoms with Gasteiger partial charge in [-0.25, -0.2) is 0 Å². The minimum absolute atomic E-state index is 0.244. The molecule has 0 aliphatic rings. The average Bonchev–Trinajstić information content (AvgIpc) is 3.53. The standard InChI is InChI=1S/C41H34N2/c1-41(2,3)27-28-22-23-40-36(24-28)35-18-6-9-21-39(35)43(40)32-15-11-13-30(26-32)29-12-10-14-31(25-29)42-37-19-7-4-16-33(37)34-17-5-8-20-38(34)42/h4-26H,27H2,1-3H3. The lowest BCUT2D eigenvalue weighted by molar-refractivity contribution is 0.411. The van der Waals surface area contributed by atoms with Crippen molar-refractivity contribution < 1.29 is 0 Å². The van der Waals surface area contributed by atoms with Crippen molar-refractivity contribution in [2.24, 2.45) is 5.41 Å². The molecule has 0 N–H and O–H groups in total. The molecule has 0 aliphatic heterocycles. The number of aromatic nitrogens is 2. The van der Waals surface area contributed by atoms with Gasteiger partial charge in [-0.3, -0.25) is 0 Å². The number of para-hydroxylation sites is 3. The number of hydrogen-bond acceptors (Lipinski definition) is 0. The summed E-state index contributed by atoms with van der Waals surface area (Å²) in [6.07, 6.45) is 1.06. The Kier molecular flexibility index (Phi) is 5.80. The lowest BCUT2D eigenvalue weighted by atomic mass is 9.88. The third-order valence-corrected chi connectivity index (χ3v) is 8.59. The molecule has 0 saturated carbocycles. The summed E-state index contributed by atoms with van der Waals surface area (Å²) in [7, 11) is 0. The Bertz CT molecular complexity index is 2250. The summed E-state index contributed by atoms with van der Waals surface area (Å²) in [5.41, 5.74) is 11.3. The van der Waals surface area contributed by atoms with Crippen molar-refractivity contribution in [1.82, 2.24) is 9.13 Å². The van der Waals surface area contributed by atoms with Gasteiger partial charge in [0.1, 0.15) is 0 Å². The van der Waals surface area contributed by atoms with Gasteiger partial charge in [-0.1, -0.05) is 106 Å². The average molecular weight is 555 g/mol. The lowest BCUT2D eigenvalue weighted by Gasteiger charge is -2.18. The van der Waals surface area contributed by atoms with Gasteiger partial charge in [0.25, 0.3) is 0 Å². The van der Waals surface area contributed by atoms with Gasteiger partial charge >= 0.3 is 0 Å². The van der Waals surface area contributed by atoms with E-state index in [1.807, 2.05) is 0 Å². The SMILES string of the molecule is CC(C)(C)Cc1ccc2c(c1)c1ccccc1n2-c1cccc(-c2cccc(-n3c4ccccc4c4ccccc43)c2)c1. The number of benzene rings is 6. The minimum Gasteiger partial charge on any atom is -0.309 e. The summed E-state index contributed by atoms with van der Waals surface area (Å²) in [6.45, 7) is 6.92. The maximum atomic E-state index is 2.42. The molecule has 43 heavy (non-hydrogen) atoms. The van der Waals surface area contributed by atoms with Gasteiger partial charge in [0, 0.05) is 32.9 Å². The van der Waals surface area contributed by atoms with Crippen LogP contribution in [-0.4, -0.2) is 9.13 Å². The summed E-state index contributed by atoms with van der Waals surface area (Å²) in [5, 5.41) is 5.17. The van der Waals surface area contributed by atoms with E-state index in [9.17, 15) is 0 Å². The molecule has 6 aromatic carbocycles. The highest BCUT2D eigenvalue weighted by molar-refractivity contribution is 6.10. The molecule has 8 rings (SSSR count). The molecular formula is C41H34N2. The first-order chi connectivity index (χ1) is 20.9. The number of fused-ring (bicyclic) bond motifs is 6. The van der Waals surface area contributed by atoms with E-state index in [2.05, 4.69) is 169 Å². The van der Waals surface area contributed by atoms with Crippen molar-refractivity contribution in [1.29, 1.82) is 0 Å². The Morgan fingerprint density at radius 1 is 0.419 bits per heavy atom. The highest BCUT2D eigenvalue weighted by Crippen LogP contribution is 2.36. The third-order valence-electron chi connectivity index (χ3n) is 8.59. The molecule has 2 aromatic heterocycles. The maximum Gasteiger partial charge on any atom is 0.0541 e. The van der Waals surface area contributed by atoms with E-state index in [0.29, 0.717) is 0 Å². The van der Waals surface area contributed by atoms with Crippen molar-refractivity contribution in [2.75, 3.05) is 0 Å². The first-order valence-electron chi connectivity index (χ1n) is 15.2. The van der Waals surface area contributed by atoms with Crippen LogP contribution in [0.3, 0.4) is 0 Å². The normalized spacial score (nSPS) is 12.2. The zero-order chi connectivity index (χ0) is 29.1. The van der Waals surface area contributed by atoms with Crippen LogP contribution >= 0.6 is 0 Å². The fourth-order valence-corrected chi connectivity index (χ4v) is 6.87. The predicted molar refractivity (Wildman–Crippen MR) is 184 cm³/mol. The van der Waals surface area contributed by atoms with Gasteiger partial charge in [-0.15, -0.1) is 0 Å². The van der Waals surface area contributed by atoms with Crippen molar-refractivity contribution in [3.63, 3.8) is 0 Å². The van der Waals surface area contributed by atoms with Gasteiger partial charge in [0.2, 0.25) is 0 Å². The van der Waals surface area contributed by atoms with Crippen LogP contribution in [0.5, 0.6) is 0 Å². The monoisotopic (exact) mass is 554 g/mol. The van der Waals surface area contributed by atoms with E-state index in [4.69, 9.17) is 0 Å². The van der Waals surface area contributed by atoms with Gasteiger partial charge in [-0.05, 0) is 83.1 Å². The molecule has 0 unspecified atom stereocenters. The van der Waals surface area contributed by atoms with E-state index in [0.717, 1.165) is 6.42 Å². The highest BCUT2D eigenvalue weighted by Gasteiger charge is 2.17. The van der Waals surface area contributed by atoms with Crippen LogP contribution in [0.25, 0.3) is 66.1 Å². The molecular weight excluding hydrogens is 520 g/mol. The molecule has 0 fully saturated rings. The van der Waals surface area contributed by atoms with Gasteiger partial charge < -0.3 is 9.13 Å². The summed E-state index contributed by atoms with van der Waals surface area (Å²) in [4.78, 5) is 0. The van der Waals surface area contributed by atoms with Crippen LogP contribution in [0.4, 0.5) is 0 Å². The Morgan fingerprint density at radius 3 is 1.35 bits per heavy atom. The maximum absolute atomic E-state index is 2.42. The number of nitrogens with zero attached hydrogens (tertiary/aromatic N) is 2. The van der Waals surface area contributed by atoms with E-state index in [1.165, 1.54) is 71.7 Å². The summed E-state index contributed by atoms with van der Waals surface area (Å²) in [6, 6.07) is 51.1. The van der Waals surface area contributed by atoms with Crippen LogP contribution in [0, 0.1) is 5.41 Å². The van der Waals surface area contributed by atoms with Crippen LogP contribution < -0.4 is 0 Å². The molecule has 0 aliphatic carbocycles. The highest BCUT2D eigenvalue weighted by atomic mass is 15.0. The zero-order valence-corrected chi connectivity index (χ0v) is 24.9. The van der Waals surface area contributed by atoms with Crippen molar-refractivity contribution in [3.05, 3.63) is 145 Å². The molecule has 2 nitrogen and oxygen atoms in total. The van der Waals surface area contributed by atoms with Crippen molar-refractivity contribution >= 4 is 43.6 Å². The van der Waals surface area contributed by atoms with E-state index in [1.54, 1.807) is 0 Å². The molecule has 0 bridgehead atoms. The summed E-state index contributed by atoms with van der Waals surface area (Å²) in [5.74, 6) is 0. The van der Waals surface area contributed by atoms with Crippen LogP contribution in [-0.2, 0) is 6.42 Å². The Morgan fingerprint density at radius 2 is 0.860 bits per heavy atom. The molecule has 8 aromatic rings. The first-order valence-corrected chi connectivity index (χ1v) is 15.2. The van der Waals surface area contributed by atoms with E-state index in [-0.39, 0.29) is 5.41 Å². The number of rotatable bonds is 4. The fourth-order valence-electron chi connectivity index (χ4n) is 6.87. The van der Waals surface area contributed by atoms with Gasteiger partial charge in [-0.2, -0.15) is 0 Å². The first kappa shape index (κ1) is 25.6. The van der Waals surface area contributed by atoms with Gasteiger partial charge in [0.15, 0.2) is 0 Å². The predicted octanol–water partition coefficient (Wildman–Crippen LogP) is 11.1. The summed E-state index contributed by atoms with van der Waals surface area (Å²) < 4.78 is 4.81. The molecule has 2 heteroatoms. The quantitative estimate of drug-likeness (QED) is 0.205. The largest absolute Gasteiger partial charge is 0.309 e. The van der Waals surface area contributed by atoms with Crippen LogP contribution in [0.15, 0.2) is 140 Å². The topological polar surface area (TPSA) is 9.86 Å².